The Hall–Kier alpha value is -2.52. The third-order valence-electron chi connectivity index (χ3n) is 5.69. The number of hydrogen-bond acceptors (Lipinski definition) is 3. The molecule has 0 bridgehead atoms. The van der Waals surface area contributed by atoms with Gasteiger partial charge in [0.2, 0.25) is 0 Å². The Bertz CT molecular complexity index is 918. The maximum atomic E-state index is 12.8. The minimum atomic E-state index is 0.0329. The van der Waals surface area contributed by atoms with Gasteiger partial charge in [0.1, 0.15) is 5.75 Å². The van der Waals surface area contributed by atoms with Gasteiger partial charge in [-0.3, -0.25) is 4.79 Å². The van der Waals surface area contributed by atoms with Crippen LogP contribution in [-0.4, -0.2) is 18.1 Å². The third-order valence-corrected chi connectivity index (χ3v) is 6.01. The highest BCUT2D eigenvalue weighted by Crippen LogP contribution is 2.21. The van der Waals surface area contributed by atoms with Crippen molar-refractivity contribution in [1.29, 1.82) is 0 Å². The van der Waals surface area contributed by atoms with Crippen molar-refractivity contribution in [2.75, 3.05) is 12.4 Å². The van der Waals surface area contributed by atoms with Crippen LogP contribution < -0.4 is 4.74 Å². The van der Waals surface area contributed by atoms with E-state index < -0.39 is 0 Å². The Balaban J connectivity index is 1.39. The first-order valence-electron chi connectivity index (χ1n) is 11.8. The molecule has 0 fully saturated rings. The van der Waals surface area contributed by atoms with Crippen LogP contribution in [0, 0.1) is 0 Å². The SMILES string of the molecule is O=C(c1ccc(OCCCCCCCCCCS)cc1)c1ccc(-c2ccccc2)cc1. The lowest BCUT2D eigenvalue weighted by atomic mass is 9.99. The molecule has 0 atom stereocenters. The zero-order valence-electron chi connectivity index (χ0n) is 18.8. The highest BCUT2D eigenvalue weighted by atomic mass is 32.1. The van der Waals surface area contributed by atoms with Crippen LogP contribution in [0.25, 0.3) is 11.1 Å². The van der Waals surface area contributed by atoms with Crippen LogP contribution in [0.3, 0.4) is 0 Å². The molecule has 0 amide bonds. The maximum Gasteiger partial charge on any atom is 0.193 e. The molecule has 0 heterocycles. The highest BCUT2D eigenvalue weighted by Gasteiger charge is 2.09. The lowest BCUT2D eigenvalue weighted by molar-refractivity contribution is 0.103. The molecule has 0 aromatic heterocycles. The predicted molar refractivity (Wildman–Crippen MR) is 138 cm³/mol. The van der Waals surface area contributed by atoms with E-state index in [0.29, 0.717) is 11.1 Å². The van der Waals surface area contributed by atoms with Gasteiger partial charge < -0.3 is 4.74 Å². The Morgan fingerprint density at radius 2 is 1.09 bits per heavy atom. The van der Waals surface area contributed by atoms with Gasteiger partial charge in [0, 0.05) is 11.1 Å². The molecular formula is C29H34O2S. The minimum Gasteiger partial charge on any atom is -0.494 e. The van der Waals surface area contributed by atoms with Gasteiger partial charge in [-0.1, -0.05) is 93.1 Å². The van der Waals surface area contributed by atoms with Gasteiger partial charge in [-0.05, 0) is 54.0 Å². The van der Waals surface area contributed by atoms with Crippen LogP contribution in [0.15, 0.2) is 78.9 Å². The molecule has 3 rings (SSSR count). The molecule has 3 aromatic carbocycles. The summed E-state index contributed by atoms with van der Waals surface area (Å²) in [5.41, 5.74) is 3.64. The number of carbonyl (C=O) groups is 1. The molecule has 0 aliphatic heterocycles. The Kier molecular flexibility index (Phi) is 10.4. The fourth-order valence-electron chi connectivity index (χ4n) is 3.78. The van der Waals surface area contributed by atoms with E-state index in [4.69, 9.17) is 4.74 Å². The molecule has 0 N–H and O–H groups in total. The molecule has 0 radical (unpaired) electrons. The minimum absolute atomic E-state index is 0.0329. The maximum absolute atomic E-state index is 12.8. The Labute approximate surface area is 198 Å². The van der Waals surface area contributed by atoms with Gasteiger partial charge in [0.15, 0.2) is 5.78 Å². The summed E-state index contributed by atoms with van der Waals surface area (Å²) < 4.78 is 5.85. The number of unbranched alkanes of at least 4 members (excludes halogenated alkanes) is 7. The zero-order valence-corrected chi connectivity index (χ0v) is 19.7. The van der Waals surface area contributed by atoms with E-state index >= 15 is 0 Å². The summed E-state index contributed by atoms with van der Waals surface area (Å²) in [6.07, 6.45) is 10.1. The number of benzene rings is 3. The molecule has 0 spiro atoms. The second kappa shape index (κ2) is 13.8. The van der Waals surface area contributed by atoms with E-state index in [1.807, 2.05) is 66.7 Å². The van der Waals surface area contributed by atoms with E-state index in [-0.39, 0.29) is 5.78 Å². The summed E-state index contributed by atoms with van der Waals surface area (Å²) in [4.78, 5) is 12.8. The van der Waals surface area contributed by atoms with Crippen molar-refractivity contribution in [3.8, 4) is 16.9 Å². The normalized spacial score (nSPS) is 10.8. The molecule has 0 aliphatic carbocycles. The number of thiol groups is 1. The fourth-order valence-corrected chi connectivity index (χ4v) is 4.00. The summed E-state index contributed by atoms with van der Waals surface area (Å²) in [6, 6.07) is 25.5. The molecule has 3 aromatic rings. The predicted octanol–water partition coefficient (Wildman–Crippen LogP) is 8.01. The summed E-state index contributed by atoms with van der Waals surface area (Å²) in [7, 11) is 0. The van der Waals surface area contributed by atoms with Crippen LogP contribution in [0.1, 0.15) is 67.3 Å². The Morgan fingerprint density at radius 3 is 1.69 bits per heavy atom. The van der Waals surface area contributed by atoms with Crippen molar-refractivity contribution in [3.63, 3.8) is 0 Å². The molecule has 0 saturated heterocycles. The van der Waals surface area contributed by atoms with E-state index in [9.17, 15) is 4.79 Å². The van der Waals surface area contributed by atoms with Gasteiger partial charge in [-0.15, -0.1) is 0 Å². The van der Waals surface area contributed by atoms with Crippen molar-refractivity contribution in [3.05, 3.63) is 90.0 Å². The number of ketones is 1. The van der Waals surface area contributed by atoms with E-state index in [2.05, 4.69) is 24.8 Å². The van der Waals surface area contributed by atoms with Crippen molar-refractivity contribution in [2.45, 2.75) is 51.4 Å². The van der Waals surface area contributed by atoms with Crippen molar-refractivity contribution in [1.82, 2.24) is 0 Å². The van der Waals surface area contributed by atoms with Crippen molar-refractivity contribution >= 4 is 18.4 Å². The van der Waals surface area contributed by atoms with Gasteiger partial charge in [-0.2, -0.15) is 12.6 Å². The largest absolute Gasteiger partial charge is 0.494 e. The van der Waals surface area contributed by atoms with E-state index in [1.54, 1.807) is 0 Å². The molecule has 32 heavy (non-hydrogen) atoms. The average molecular weight is 447 g/mol. The highest BCUT2D eigenvalue weighted by molar-refractivity contribution is 7.80. The quantitative estimate of drug-likeness (QED) is 0.154. The van der Waals surface area contributed by atoms with Gasteiger partial charge >= 0.3 is 0 Å². The molecule has 0 unspecified atom stereocenters. The first-order valence-corrected chi connectivity index (χ1v) is 12.4. The average Bonchev–Trinajstić information content (AvgIpc) is 2.86. The lowest BCUT2D eigenvalue weighted by Gasteiger charge is -2.08. The second-order valence-corrected chi connectivity index (χ2v) is 8.64. The van der Waals surface area contributed by atoms with Gasteiger partial charge in [-0.25, -0.2) is 0 Å². The zero-order chi connectivity index (χ0) is 22.4. The summed E-state index contributed by atoms with van der Waals surface area (Å²) in [6.45, 7) is 0.730. The number of ether oxygens (including phenoxy) is 1. The third kappa shape index (κ3) is 7.87. The fraction of sp³-hybridized carbons (Fsp3) is 0.345. The monoisotopic (exact) mass is 446 g/mol. The van der Waals surface area contributed by atoms with E-state index in [0.717, 1.165) is 35.7 Å². The smallest absolute Gasteiger partial charge is 0.193 e. The Morgan fingerprint density at radius 1 is 0.594 bits per heavy atom. The summed E-state index contributed by atoms with van der Waals surface area (Å²) in [5, 5.41) is 0. The summed E-state index contributed by atoms with van der Waals surface area (Å²) >= 11 is 4.25. The van der Waals surface area contributed by atoms with Crippen molar-refractivity contribution in [2.24, 2.45) is 0 Å². The molecule has 168 valence electrons. The number of hydrogen-bond donors (Lipinski definition) is 1. The van der Waals surface area contributed by atoms with Gasteiger partial charge in [0.05, 0.1) is 6.61 Å². The summed E-state index contributed by atoms with van der Waals surface area (Å²) in [5.74, 6) is 1.87. The van der Waals surface area contributed by atoms with Crippen LogP contribution in [0.4, 0.5) is 0 Å². The standard InChI is InChI=1S/C29H34O2S/c30-29(26-16-14-25(15-17-26)24-12-8-7-9-13-24)27-18-20-28(21-19-27)31-22-10-5-3-1-2-4-6-11-23-32/h7-9,12-21,32H,1-6,10-11,22-23H2. The van der Waals surface area contributed by atoms with Gasteiger partial charge in [0.25, 0.3) is 0 Å². The second-order valence-electron chi connectivity index (χ2n) is 8.20. The molecule has 3 heteroatoms. The van der Waals surface area contributed by atoms with Crippen LogP contribution in [0.5, 0.6) is 5.75 Å². The first kappa shape index (κ1) is 24.1. The topological polar surface area (TPSA) is 26.3 Å². The molecule has 0 aliphatic rings. The molecule has 0 saturated carbocycles. The molecular weight excluding hydrogens is 412 g/mol. The lowest BCUT2D eigenvalue weighted by Crippen LogP contribution is -2.02. The van der Waals surface area contributed by atoms with E-state index in [1.165, 1.54) is 44.9 Å². The van der Waals surface area contributed by atoms with Crippen LogP contribution in [-0.2, 0) is 0 Å². The number of rotatable bonds is 14. The molecule has 2 nitrogen and oxygen atoms in total. The van der Waals surface area contributed by atoms with Crippen molar-refractivity contribution < 1.29 is 9.53 Å². The first-order chi connectivity index (χ1) is 15.8. The van der Waals surface area contributed by atoms with Crippen LogP contribution >= 0.6 is 12.6 Å². The van der Waals surface area contributed by atoms with Crippen LogP contribution in [0.2, 0.25) is 0 Å². The number of carbonyl (C=O) groups excluding carboxylic acids is 1.